The Hall–Kier alpha value is -2.44. The van der Waals surface area contributed by atoms with Crippen LogP contribution in [-0.4, -0.2) is 10.1 Å². The average molecular weight is 251 g/mol. The van der Waals surface area contributed by atoms with Crippen molar-refractivity contribution in [2.45, 2.75) is 13.3 Å². The summed E-state index contributed by atoms with van der Waals surface area (Å²) in [6.45, 7) is 1.80. The summed E-state index contributed by atoms with van der Waals surface area (Å²) in [6.07, 6.45) is 0.484. The number of anilines is 1. The van der Waals surface area contributed by atoms with Gasteiger partial charge in [-0.3, -0.25) is 10.1 Å². The van der Waals surface area contributed by atoms with Gasteiger partial charge in [0.2, 0.25) is 0 Å². The van der Waals surface area contributed by atoms with Crippen LogP contribution in [0.5, 0.6) is 0 Å². The van der Waals surface area contributed by atoms with Gasteiger partial charge in [-0.05, 0) is 18.6 Å². The largest absolute Gasteiger partial charge is 0.381 e. The van der Waals surface area contributed by atoms with E-state index >= 15 is 0 Å². The van der Waals surface area contributed by atoms with Crippen LogP contribution >= 0.6 is 0 Å². The summed E-state index contributed by atoms with van der Waals surface area (Å²) in [5.41, 5.74) is 5.91. The van der Waals surface area contributed by atoms with Gasteiger partial charge in [-0.1, -0.05) is 12.1 Å². The number of halogens is 1. The van der Waals surface area contributed by atoms with Gasteiger partial charge in [-0.15, -0.1) is 0 Å². The van der Waals surface area contributed by atoms with Crippen LogP contribution in [-0.2, 0) is 6.42 Å². The van der Waals surface area contributed by atoms with Gasteiger partial charge in [0.1, 0.15) is 11.4 Å². The fourth-order valence-corrected chi connectivity index (χ4v) is 1.72. The third kappa shape index (κ3) is 1.90. The number of rotatable bonds is 3. The van der Waals surface area contributed by atoms with Crippen LogP contribution in [0.25, 0.3) is 11.3 Å². The van der Waals surface area contributed by atoms with Crippen LogP contribution in [0.15, 0.2) is 22.7 Å². The first-order valence-electron chi connectivity index (χ1n) is 5.23. The Bertz CT molecular complexity index is 610. The maximum atomic E-state index is 13.2. The highest BCUT2D eigenvalue weighted by molar-refractivity contribution is 5.74. The number of nitro groups is 1. The number of hydrogen-bond donors (Lipinski definition) is 1. The summed E-state index contributed by atoms with van der Waals surface area (Å²) < 4.78 is 18.2. The van der Waals surface area contributed by atoms with Crippen molar-refractivity contribution < 1.29 is 13.8 Å². The molecular weight excluding hydrogens is 241 g/mol. The normalized spacial score (nSPS) is 10.6. The minimum absolute atomic E-state index is 0.0426. The molecule has 0 aliphatic rings. The SMILES string of the molecule is CCc1c(N)noc1-c1cc(F)ccc1[N+](=O)[O-]. The molecule has 0 saturated carbocycles. The van der Waals surface area contributed by atoms with Crippen molar-refractivity contribution in [3.05, 3.63) is 39.7 Å². The third-order valence-corrected chi connectivity index (χ3v) is 2.57. The molecule has 0 spiro atoms. The molecule has 1 aromatic heterocycles. The molecule has 2 aromatic rings. The number of nitrogens with two attached hydrogens (primary N) is 1. The zero-order valence-electron chi connectivity index (χ0n) is 9.51. The van der Waals surface area contributed by atoms with Crippen LogP contribution < -0.4 is 5.73 Å². The smallest absolute Gasteiger partial charge is 0.280 e. The lowest BCUT2D eigenvalue weighted by molar-refractivity contribution is -0.384. The quantitative estimate of drug-likeness (QED) is 0.668. The van der Waals surface area contributed by atoms with Gasteiger partial charge in [-0.2, -0.15) is 0 Å². The lowest BCUT2D eigenvalue weighted by Gasteiger charge is -2.01. The number of hydrogen-bond acceptors (Lipinski definition) is 5. The Morgan fingerprint density at radius 1 is 1.56 bits per heavy atom. The van der Waals surface area contributed by atoms with E-state index in [1.807, 2.05) is 0 Å². The summed E-state index contributed by atoms with van der Waals surface area (Å²) in [6, 6.07) is 3.15. The summed E-state index contributed by atoms with van der Waals surface area (Å²) in [7, 11) is 0. The average Bonchev–Trinajstić information content (AvgIpc) is 2.69. The molecule has 6 nitrogen and oxygen atoms in total. The van der Waals surface area contributed by atoms with Gasteiger partial charge in [0.05, 0.1) is 4.92 Å². The standard InChI is InChI=1S/C11H10FN3O3/c1-2-7-10(18-14-11(7)13)8-5-6(12)3-4-9(8)15(16)17/h3-5H,2H2,1H3,(H2,13,14). The first-order valence-corrected chi connectivity index (χ1v) is 5.23. The van der Waals surface area contributed by atoms with E-state index in [1.165, 1.54) is 0 Å². The van der Waals surface area contributed by atoms with Crippen molar-refractivity contribution in [3.8, 4) is 11.3 Å². The molecule has 1 heterocycles. The molecule has 0 fully saturated rings. The molecule has 7 heteroatoms. The van der Waals surface area contributed by atoms with Gasteiger partial charge >= 0.3 is 0 Å². The molecular formula is C11H10FN3O3. The van der Waals surface area contributed by atoms with Crippen LogP contribution in [0.2, 0.25) is 0 Å². The molecule has 0 amide bonds. The monoisotopic (exact) mass is 251 g/mol. The molecule has 0 unspecified atom stereocenters. The number of benzene rings is 1. The molecule has 0 aliphatic heterocycles. The van der Waals surface area contributed by atoms with Crippen molar-refractivity contribution in [1.82, 2.24) is 5.16 Å². The third-order valence-electron chi connectivity index (χ3n) is 2.57. The Labute approximate surface area is 101 Å². The molecule has 0 radical (unpaired) electrons. The first kappa shape index (κ1) is 12.0. The van der Waals surface area contributed by atoms with E-state index in [1.54, 1.807) is 6.92 Å². The second-order valence-corrected chi connectivity index (χ2v) is 3.65. The Morgan fingerprint density at radius 3 is 2.89 bits per heavy atom. The number of aromatic nitrogens is 1. The second kappa shape index (κ2) is 4.44. The zero-order valence-corrected chi connectivity index (χ0v) is 9.51. The fraction of sp³-hybridized carbons (Fsp3) is 0.182. The first-order chi connectivity index (χ1) is 8.54. The number of nitrogen functional groups attached to an aromatic ring is 1. The van der Waals surface area contributed by atoms with Gasteiger partial charge in [-0.25, -0.2) is 4.39 Å². The zero-order chi connectivity index (χ0) is 13.3. The van der Waals surface area contributed by atoms with Crippen LogP contribution in [0.4, 0.5) is 15.9 Å². The minimum atomic E-state index is -0.604. The minimum Gasteiger partial charge on any atom is -0.381 e. The summed E-state index contributed by atoms with van der Waals surface area (Å²) in [5.74, 6) is -0.292. The maximum Gasteiger partial charge on any atom is 0.280 e. The van der Waals surface area contributed by atoms with E-state index in [2.05, 4.69) is 5.16 Å². The Balaban J connectivity index is 2.69. The van der Waals surface area contributed by atoms with Crippen molar-refractivity contribution >= 4 is 11.5 Å². The van der Waals surface area contributed by atoms with Crippen LogP contribution in [0.3, 0.4) is 0 Å². The second-order valence-electron chi connectivity index (χ2n) is 3.65. The van der Waals surface area contributed by atoms with E-state index in [9.17, 15) is 14.5 Å². The predicted molar refractivity (Wildman–Crippen MR) is 62.3 cm³/mol. The Morgan fingerprint density at radius 2 is 2.28 bits per heavy atom. The maximum absolute atomic E-state index is 13.2. The van der Waals surface area contributed by atoms with Gasteiger partial charge in [0.15, 0.2) is 11.6 Å². The lowest BCUT2D eigenvalue weighted by atomic mass is 10.0. The van der Waals surface area contributed by atoms with Crippen molar-refractivity contribution in [2.24, 2.45) is 0 Å². The predicted octanol–water partition coefficient (Wildman–Crippen LogP) is 2.53. The molecule has 2 N–H and O–H groups in total. The molecule has 18 heavy (non-hydrogen) atoms. The van der Waals surface area contributed by atoms with Crippen molar-refractivity contribution in [1.29, 1.82) is 0 Å². The van der Waals surface area contributed by atoms with Crippen molar-refractivity contribution in [3.63, 3.8) is 0 Å². The van der Waals surface area contributed by atoms with Crippen molar-refractivity contribution in [2.75, 3.05) is 5.73 Å². The molecule has 0 atom stereocenters. The molecule has 1 aromatic carbocycles. The number of nitrogens with zero attached hydrogens (tertiary/aromatic N) is 2. The molecule has 94 valence electrons. The highest BCUT2D eigenvalue weighted by Crippen LogP contribution is 2.35. The molecule has 0 bridgehead atoms. The highest BCUT2D eigenvalue weighted by Gasteiger charge is 2.23. The molecule has 0 aliphatic carbocycles. The molecule has 0 saturated heterocycles. The summed E-state index contributed by atoms with van der Waals surface area (Å²) in [5, 5.41) is 14.5. The van der Waals surface area contributed by atoms with Crippen LogP contribution in [0.1, 0.15) is 12.5 Å². The van der Waals surface area contributed by atoms with E-state index < -0.39 is 10.7 Å². The van der Waals surface area contributed by atoms with Gasteiger partial charge in [0.25, 0.3) is 5.69 Å². The molecule has 2 rings (SSSR count). The van der Waals surface area contributed by atoms with Gasteiger partial charge < -0.3 is 10.3 Å². The van der Waals surface area contributed by atoms with Crippen LogP contribution in [0, 0.1) is 15.9 Å². The van der Waals surface area contributed by atoms with E-state index in [0.717, 1.165) is 18.2 Å². The highest BCUT2D eigenvalue weighted by atomic mass is 19.1. The lowest BCUT2D eigenvalue weighted by Crippen LogP contribution is -1.95. The Kier molecular flexibility index (Phi) is 2.97. The summed E-state index contributed by atoms with van der Waals surface area (Å²) >= 11 is 0. The van der Waals surface area contributed by atoms with Gasteiger partial charge in [0, 0.05) is 11.6 Å². The van der Waals surface area contributed by atoms with E-state index in [4.69, 9.17) is 10.3 Å². The van der Waals surface area contributed by atoms with E-state index in [-0.39, 0.29) is 22.8 Å². The summed E-state index contributed by atoms with van der Waals surface area (Å²) in [4.78, 5) is 10.3. The van der Waals surface area contributed by atoms with E-state index in [0.29, 0.717) is 12.0 Å². The topological polar surface area (TPSA) is 95.2 Å². The fourth-order valence-electron chi connectivity index (χ4n) is 1.72. The number of nitro benzene ring substituents is 1.